The van der Waals surface area contributed by atoms with Gasteiger partial charge in [-0.05, 0) is 24.6 Å². The Kier molecular flexibility index (Phi) is 2.57. The van der Waals surface area contributed by atoms with E-state index in [9.17, 15) is 4.79 Å². The van der Waals surface area contributed by atoms with E-state index in [4.69, 9.17) is 0 Å². The molecule has 0 saturated carbocycles. The molecule has 3 nitrogen and oxygen atoms in total. The minimum absolute atomic E-state index is 0.0164. The molecule has 5 aromatic rings. The number of benzene rings is 2. The van der Waals surface area contributed by atoms with E-state index in [2.05, 4.69) is 30.1 Å². The fraction of sp³-hybridized carbons (Fsp3) is 0.0476. The van der Waals surface area contributed by atoms with Crippen molar-refractivity contribution in [1.82, 2.24) is 9.38 Å². The molecule has 0 unspecified atom stereocenters. The highest BCUT2D eigenvalue weighted by Crippen LogP contribution is 2.33. The second-order valence-corrected chi connectivity index (χ2v) is 6.17. The number of aryl methyl sites for hydroxylation is 1. The quantitative estimate of drug-likeness (QED) is 0.459. The summed E-state index contributed by atoms with van der Waals surface area (Å²) < 4.78 is 1.78. The molecule has 5 rings (SSSR count). The zero-order valence-corrected chi connectivity index (χ0v) is 13.2. The average molecular weight is 310 g/mol. The van der Waals surface area contributed by atoms with E-state index < -0.39 is 0 Å². The molecule has 0 spiro atoms. The summed E-state index contributed by atoms with van der Waals surface area (Å²) in [6.45, 7) is 2.06. The van der Waals surface area contributed by atoms with Crippen molar-refractivity contribution < 1.29 is 0 Å². The number of hydrogen-bond donors (Lipinski definition) is 0. The third-order valence-corrected chi connectivity index (χ3v) is 4.69. The van der Waals surface area contributed by atoms with Gasteiger partial charge in [0.2, 0.25) is 0 Å². The van der Waals surface area contributed by atoms with E-state index in [1.807, 2.05) is 42.6 Å². The van der Waals surface area contributed by atoms with Gasteiger partial charge >= 0.3 is 0 Å². The van der Waals surface area contributed by atoms with Gasteiger partial charge in [0.15, 0.2) is 0 Å². The summed E-state index contributed by atoms with van der Waals surface area (Å²) in [5, 5.41) is 2.16. The maximum absolute atomic E-state index is 12.9. The SMILES string of the molecule is Cc1ccc(-c2cc(=O)n3c4ccccc4c4ccnc2c43)cc1. The van der Waals surface area contributed by atoms with E-state index >= 15 is 0 Å². The van der Waals surface area contributed by atoms with Gasteiger partial charge in [0.05, 0.1) is 16.6 Å². The van der Waals surface area contributed by atoms with E-state index in [0.29, 0.717) is 0 Å². The van der Waals surface area contributed by atoms with Crippen molar-refractivity contribution in [3.8, 4) is 11.1 Å². The van der Waals surface area contributed by atoms with Crippen LogP contribution in [0.15, 0.2) is 71.7 Å². The summed E-state index contributed by atoms with van der Waals surface area (Å²) in [4.78, 5) is 17.5. The summed E-state index contributed by atoms with van der Waals surface area (Å²) in [7, 11) is 0. The van der Waals surface area contributed by atoms with Crippen LogP contribution in [-0.4, -0.2) is 9.38 Å². The second-order valence-electron chi connectivity index (χ2n) is 6.17. The summed E-state index contributed by atoms with van der Waals surface area (Å²) >= 11 is 0. The lowest BCUT2D eigenvalue weighted by Crippen LogP contribution is -2.12. The summed E-state index contributed by atoms with van der Waals surface area (Å²) in [5.41, 5.74) is 5.80. The van der Waals surface area contributed by atoms with E-state index in [1.54, 1.807) is 10.5 Å². The van der Waals surface area contributed by atoms with Crippen LogP contribution < -0.4 is 5.56 Å². The average Bonchev–Trinajstić information content (AvgIpc) is 2.95. The molecule has 0 bridgehead atoms. The first-order valence-corrected chi connectivity index (χ1v) is 7.95. The van der Waals surface area contributed by atoms with Crippen LogP contribution in [0.4, 0.5) is 0 Å². The van der Waals surface area contributed by atoms with Crippen molar-refractivity contribution in [3.63, 3.8) is 0 Å². The lowest BCUT2D eigenvalue weighted by Gasteiger charge is -2.07. The number of aromatic nitrogens is 2. The van der Waals surface area contributed by atoms with Crippen LogP contribution in [0, 0.1) is 6.92 Å². The number of pyridine rings is 2. The highest BCUT2D eigenvalue weighted by atomic mass is 16.1. The lowest BCUT2D eigenvalue weighted by molar-refractivity contribution is 1.17. The predicted octanol–water partition coefficient (Wildman–Crippen LogP) is 4.41. The molecule has 3 heterocycles. The van der Waals surface area contributed by atoms with Gasteiger partial charge in [-0.3, -0.25) is 14.2 Å². The molecule has 3 heteroatoms. The molecule has 3 aromatic heterocycles. The van der Waals surface area contributed by atoms with Gasteiger partial charge in [0, 0.05) is 28.6 Å². The Morgan fingerprint density at radius 3 is 2.54 bits per heavy atom. The number of rotatable bonds is 1. The molecule has 2 aromatic carbocycles. The van der Waals surface area contributed by atoms with Crippen LogP contribution in [0.2, 0.25) is 0 Å². The molecule has 0 fully saturated rings. The highest BCUT2D eigenvalue weighted by Gasteiger charge is 2.17. The smallest absolute Gasteiger partial charge is 0.256 e. The Hall–Kier alpha value is -3.20. The van der Waals surface area contributed by atoms with Gasteiger partial charge in [0.25, 0.3) is 5.56 Å². The van der Waals surface area contributed by atoms with Gasteiger partial charge in [-0.15, -0.1) is 0 Å². The minimum atomic E-state index is -0.0164. The molecule has 114 valence electrons. The third kappa shape index (κ3) is 1.67. The Bertz CT molecular complexity index is 1270. The Morgan fingerprint density at radius 1 is 0.917 bits per heavy atom. The molecule has 0 N–H and O–H groups in total. The van der Waals surface area contributed by atoms with Crippen molar-refractivity contribution >= 4 is 27.3 Å². The Labute approximate surface area is 138 Å². The molecule has 0 aliphatic carbocycles. The van der Waals surface area contributed by atoms with Crippen LogP contribution in [0.1, 0.15) is 5.56 Å². The number of para-hydroxylation sites is 1. The summed E-state index contributed by atoms with van der Waals surface area (Å²) in [6.07, 6.45) is 1.83. The van der Waals surface area contributed by atoms with Crippen molar-refractivity contribution in [2.24, 2.45) is 0 Å². The molecular weight excluding hydrogens is 296 g/mol. The van der Waals surface area contributed by atoms with E-state index in [-0.39, 0.29) is 5.56 Å². The van der Waals surface area contributed by atoms with E-state index in [1.165, 1.54) is 5.56 Å². The monoisotopic (exact) mass is 310 g/mol. The topological polar surface area (TPSA) is 34.4 Å². The minimum Gasteiger partial charge on any atom is -0.274 e. The molecule has 24 heavy (non-hydrogen) atoms. The largest absolute Gasteiger partial charge is 0.274 e. The van der Waals surface area contributed by atoms with Crippen LogP contribution in [0.3, 0.4) is 0 Å². The molecule has 0 atom stereocenters. The first-order valence-electron chi connectivity index (χ1n) is 7.95. The van der Waals surface area contributed by atoms with Crippen LogP contribution in [-0.2, 0) is 0 Å². The molecule has 0 aliphatic rings. The van der Waals surface area contributed by atoms with Crippen molar-refractivity contribution in [2.75, 3.05) is 0 Å². The lowest BCUT2D eigenvalue weighted by atomic mass is 10.0. The van der Waals surface area contributed by atoms with Crippen LogP contribution >= 0.6 is 0 Å². The normalized spacial score (nSPS) is 11.7. The molecule has 0 saturated heterocycles. The predicted molar refractivity (Wildman–Crippen MR) is 97.8 cm³/mol. The summed E-state index contributed by atoms with van der Waals surface area (Å²) in [5.74, 6) is 0. The summed E-state index contributed by atoms with van der Waals surface area (Å²) in [6, 6.07) is 19.9. The molecule has 0 radical (unpaired) electrons. The van der Waals surface area contributed by atoms with E-state index in [0.717, 1.165) is 38.4 Å². The van der Waals surface area contributed by atoms with Crippen molar-refractivity contribution in [3.05, 3.63) is 82.8 Å². The van der Waals surface area contributed by atoms with Crippen molar-refractivity contribution in [1.29, 1.82) is 0 Å². The number of hydrogen-bond acceptors (Lipinski definition) is 2. The van der Waals surface area contributed by atoms with Gasteiger partial charge < -0.3 is 0 Å². The first-order chi connectivity index (χ1) is 11.7. The fourth-order valence-corrected chi connectivity index (χ4v) is 3.55. The standard InChI is InChI=1S/C21H14N2O/c1-13-6-8-14(9-7-13)17-12-19(24)23-18-5-3-2-4-15(18)16-10-11-22-20(17)21(16)23/h2-12H,1H3. The number of fused-ring (bicyclic) bond motifs is 3. The Balaban J connectivity index is 2.02. The van der Waals surface area contributed by atoms with Crippen LogP contribution in [0.25, 0.3) is 38.4 Å². The Morgan fingerprint density at radius 2 is 1.71 bits per heavy atom. The fourth-order valence-electron chi connectivity index (χ4n) is 3.55. The van der Waals surface area contributed by atoms with Gasteiger partial charge in [0.1, 0.15) is 0 Å². The third-order valence-electron chi connectivity index (χ3n) is 4.69. The van der Waals surface area contributed by atoms with Crippen LogP contribution in [0.5, 0.6) is 0 Å². The molecular formula is C21H14N2O. The van der Waals surface area contributed by atoms with Crippen molar-refractivity contribution in [2.45, 2.75) is 6.92 Å². The highest BCUT2D eigenvalue weighted by molar-refractivity contribution is 6.15. The maximum atomic E-state index is 12.9. The zero-order valence-electron chi connectivity index (χ0n) is 13.2. The maximum Gasteiger partial charge on any atom is 0.256 e. The first kappa shape index (κ1) is 13.3. The van der Waals surface area contributed by atoms with Gasteiger partial charge in [-0.25, -0.2) is 0 Å². The zero-order chi connectivity index (χ0) is 16.3. The molecule has 0 amide bonds. The van der Waals surface area contributed by atoms with Gasteiger partial charge in [-0.2, -0.15) is 0 Å². The van der Waals surface area contributed by atoms with Gasteiger partial charge in [-0.1, -0.05) is 48.0 Å². The number of nitrogens with zero attached hydrogens (tertiary/aromatic N) is 2. The second kappa shape index (κ2) is 4.65. The molecule has 0 aliphatic heterocycles.